The average molecular weight is 219 g/mol. The van der Waals surface area contributed by atoms with Gasteiger partial charge in [0.2, 0.25) is 0 Å². The van der Waals surface area contributed by atoms with Gasteiger partial charge in [0.1, 0.15) is 0 Å². The van der Waals surface area contributed by atoms with E-state index < -0.39 is 0 Å². The SMILES string of the molecule is CCNC(=O)c1ccc(C(C)(C)C)cc1C. The Morgan fingerprint density at radius 3 is 2.38 bits per heavy atom. The minimum Gasteiger partial charge on any atom is -0.352 e. The molecule has 1 amide bonds. The van der Waals surface area contributed by atoms with Crippen LogP contribution in [0.1, 0.15) is 49.2 Å². The number of aryl methyl sites for hydroxylation is 1. The third-order valence-corrected chi connectivity index (χ3v) is 2.67. The molecule has 0 saturated carbocycles. The van der Waals surface area contributed by atoms with Crippen LogP contribution in [0, 0.1) is 6.92 Å². The van der Waals surface area contributed by atoms with Gasteiger partial charge in [-0.3, -0.25) is 4.79 Å². The number of hydrogen-bond donors (Lipinski definition) is 1. The first-order valence-corrected chi connectivity index (χ1v) is 5.75. The van der Waals surface area contributed by atoms with Gasteiger partial charge in [0.25, 0.3) is 5.91 Å². The minimum absolute atomic E-state index is 0.0143. The van der Waals surface area contributed by atoms with Crippen LogP contribution in [0.25, 0.3) is 0 Å². The van der Waals surface area contributed by atoms with Gasteiger partial charge in [0.05, 0.1) is 0 Å². The highest BCUT2D eigenvalue weighted by Crippen LogP contribution is 2.24. The Kier molecular flexibility index (Phi) is 3.74. The zero-order valence-corrected chi connectivity index (χ0v) is 10.8. The monoisotopic (exact) mass is 219 g/mol. The molecule has 0 aliphatic rings. The van der Waals surface area contributed by atoms with Crippen LogP contribution in [-0.4, -0.2) is 12.5 Å². The Bertz CT molecular complexity index is 388. The standard InChI is InChI=1S/C14H21NO/c1-6-15-13(16)12-8-7-11(9-10(12)2)14(3,4)5/h7-9H,6H2,1-5H3,(H,15,16). The molecule has 0 unspecified atom stereocenters. The van der Waals surface area contributed by atoms with E-state index in [-0.39, 0.29) is 11.3 Å². The Morgan fingerprint density at radius 2 is 1.94 bits per heavy atom. The fraction of sp³-hybridized carbons (Fsp3) is 0.500. The highest BCUT2D eigenvalue weighted by Gasteiger charge is 2.16. The molecule has 1 N–H and O–H groups in total. The van der Waals surface area contributed by atoms with Crippen molar-refractivity contribution in [3.05, 3.63) is 34.9 Å². The summed E-state index contributed by atoms with van der Waals surface area (Å²) in [6.07, 6.45) is 0. The molecular formula is C14H21NO. The summed E-state index contributed by atoms with van der Waals surface area (Å²) in [5.74, 6) is 0.0143. The van der Waals surface area contributed by atoms with Crippen molar-refractivity contribution >= 4 is 5.91 Å². The normalized spacial score (nSPS) is 11.3. The lowest BCUT2D eigenvalue weighted by molar-refractivity contribution is 0.0955. The molecule has 0 aliphatic carbocycles. The summed E-state index contributed by atoms with van der Waals surface area (Å²) in [6, 6.07) is 6.06. The molecule has 0 bridgehead atoms. The highest BCUT2D eigenvalue weighted by molar-refractivity contribution is 5.95. The molecule has 0 saturated heterocycles. The summed E-state index contributed by atoms with van der Waals surface area (Å²) in [5.41, 5.74) is 3.20. The topological polar surface area (TPSA) is 29.1 Å². The molecule has 1 rings (SSSR count). The summed E-state index contributed by atoms with van der Waals surface area (Å²) >= 11 is 0. The average Bonchev–Trinajstić information content (AvgIpc) is 2.16. The van der Waals surface area contributed by atoms with Crippen LogP contribution in [0.2, 0.25) is 0 Å². The number of nitrogens with one attached hydrogen (secondary N) is 1. The maximum Gasteiger partial charge on any atom is 0.251 e. The fourth-order valence-corrected chi connectivity index (χ4v) is 1.64. The molecule has 2 nitrogen and oxygen atoms in total. The largest absolute Gasteiger partial charge is 0.352 e. The van der Waals surface area contributed by atoms with Crippen LogP contribution in [0.3, 0.4) is 0 Å². The van der Waals surface area contributed by atoms with E-state index in [1.807, 2.05) is 26.0 Å². The van der Waals surface area contributed by atoms with Crippen molar-refractivity contribution < 1.29 is 4.79 Å². The summed E-state index contributed by atoms with van der Waals surface area (Å²) in [5, 5.41) is 2.82. The Morgan fingerprint density at radius 1 is 1.31 bits per heavy atom. The zero-order chi connectivity index (χ0) is 12.3. The van der Waals surface area contributed by atoms with Crippen LogP contribution in [0.5, 0.6) is 0 Å². The molecule has 0 atom stereocenters. The predicted octanol–water partition coefficient (Wildman–Crippen LogP) is 3.04. The molecule has 0 aliphatic heterocycles. The molecule has 88 valence electrons. The van der Waals surface area contributed by atoms with E-state index in [0.717, 1.165) is 11.1 Å². The van der Waals surface area contributed by atoms with E-state index in [1.165, 1.54) is 5.56 Å². The Balaban J connectivity index is 3.05. The Labute approximate surface area is 98.1 Å². The van der Waals surface area contributed by atoms with Gasteiger partial charge in [0.15, 0.2) is 0 Å². The van der Waals surface area contributed by atoms with Crippen molar-refractivity contribution in [3.8, 4) is 0 Å². The van der Waals surface area contributed by atoms with Crippen molar-refractivity contribution in [2.24, 2.45) is 0 Å². The molecule has 0 radical (unpaired) electrons. The number of rotatable bonds is 2. The summed E-state index contributed by atoms with van der Waals surface area (Å²) in [4.78, 5) is 11.7. The van der Waals surface area contributed by atoms with Crippen LogP contribution >= 0.6 is 0 Å². The minimum atomic E-state index is 0.0143. The van der Waals surface area contributed by atoms with Crippen LogP contribution in [0.4, 0.5) is 0 Å². The molecule has 2 heteroatoms. The number of carbonyl (C=O) groups is 1. The third kappa shape index (κ3) is 2.84. The number of benzene rings is 1. The van der Waals surface area contributed by atoms with Crippen molar-refractivity contribution in [2.75, 3.05) is 6.54 Å². The van der Waals surface area contributed by atoms with E-state index in [0.29, 0.717) is 6.54 Å². The van der Waals surface area contributed by atoms with E-state index in [2.05, 4.69) is 32.2 Å². The number of hydrogen-bond acceptors (Lipinski definition) is 1. The second-order valence-corrected chi connectivity index (χ2v) is 5.14. The molecule has 0 aromatic heterocycles. The van der Waals surface area contributed by atoms with Gasteiger partial charge in [-0.25, -0.2) is 0 Å². The highest BCUT2D eigenvalue weighted by atomic mass is 16.1. The molecule has 1 aromatic carbocycles. The number of carbonyl (C=O) groups excluding carboxylic acids is 1. The molecule has 0 fully saturated rings. The maximum atomic E-state index is 11.7. The second kappa shape index (κ2) is 4.69. The van der Waals surface area contributed by atoms with E-state index >= 15 is 0 Å². The smallest absolute Gasteiger partial charge is 0.251 e. The van der Waals surface area contributed by atoms with E-state index in [4.69, 9.17) is 0 Å². The van der Waals surface area contributed by atoms with Gasteiger partial charge < -0.3 is 5.32 Å². The van der Waals surface area contributed by atoms with Crippen molar-refractivity contribution in [1.29, 1.82) is 0 Å². The van der Waals surface area contributed by atoms with Crippen molar-refractivity contribution in [3.63, 3.8) is 0 Å². The Hall–Kier alpha value is -1.31. The summed E-state index contributed by atoms with van der Waals surface area (Å²) < 4.78 is 0. The van der Waals surface area contributed by atoms with Crippen molar-refractivity contribution in [2.45, 2.75) is 40.0 Å². The summed E-state index contributed by atoms with van der Waals surface area (Å²) in [6.45, 7) is 11.1. The maximum absolute atomic E-state index is 11.7. The molecule has 16 heavy (non-hydrogen) atoms. The van der Waals surface area contributed by atoms with Crippen molar-refractivity contribution in [1.82, 2.24) is 5.32 Å². The third-order valence-electron chi connectivity index (χ3n) is 2.67. The number of amides is 1. The first-order valence-electron chi connectivity index (χ1n) is 5.75. The van der Waals surface area contributed by atoms with E-state index in [1.54, 1.807) is 0 Å². The van der Waals surface area contributed by atoms with E-state index in [9.17, 15) is 4.79 Å². The first-order chi connectivity index (χ1) is 7.36. The van der Waals surface area contributed by atoms with Crippen LogP contribution in [0.15, 0.2) is 18.2 Å². The molecule has 1 aromatic rings. The van der Waals surface area contributed by atoms with Gasteiger partial charge in [-0.2, -0.15) is 0 Å². The van der Waals surface area contributed by atoms with Gasteiger partial charge in [-0.15, -0.1) is 0 Å². The summed E-state index contributed by atoms with van der Waals surface area (Å²) in [7, 11) is 0. The fourth-order valence-electron chi connectivity index (χ4n) is 1.64. The molecule has 0 spiro atoms. The molecule has 0 heterocycles. The predicted molar refractivity (Wildman–Crippen MR) is 67.9 cm³/mol. The van der Waals surface area contributed by atoms with Gasteiger partial charge in [-0.1, -0.05) is 32.9 Å². The van der Waals surface area contributed by atoms with Gasteiger partial charge in [-0.05, 0) is 36.5 Å². The lowest BCUT2D eigenvalue weighted by atomic mass is 9.85. The quantitative estimate of drug-likeness (QED) is 0.814. The zero-order valence-electron chi connectivity index (χ0n) is 10.8. The van der Waals surface area contributed by atoms with Gasteiger partial charge in [0, 0.05) is 12.1 Å². The second-order valence-electron chi connectivity index (χ2n) is 5.14. The first kappa shape index (κ1) is 12.8. The van der Waals surface area contributed by atoms with Crippen LogP contribution < -0.4 is 5.32 Å². The van der Waals surface area contributed by atoms with Gasteiger partial charge >= 0.3 is 0 Å². The van der Waals surface area contributed by atoms with Crippen LogP contribution in [-0.2, 0) is 5.41 Å². The lowest BCUT2D eigenvalue weighted by Crippen LogP contribution is -2.24. The lowest BCUT2D eigenvalue weighted by Gasteiger charge is -2.20. The molecular weight excluding hydrogens is 198 g/mol.